The second kappa shape index (κ2) is 7.46. The van der Waals surface area contributed by atoms with Crippen molar-refractivity contribution < 1.29 is 4.74 Å². The minimum Gasteiger partial charge on any atom is -0.383 e. The highest BCUT2D eigenvalue weighted by Gasteiger charge is 2.03. The average Bonchev–Trinajstić information content (AvgIpc) is 2.28. The summed E-state index contributed by atoms with van der Waals surface area (Å²) >= 11 is 11.8. The normalized spacial score (nSPS) is 13.4. The molecule has 100 valence electrons. The number of hydrogen-bond donors (Lipinski definition) is 2. The van der Waals surface area contributed by atoms with Gasteiger partial charge in [-0.1, -0.05) is 29.3 Å². The van der Waals surface area contributed by atoms with Crippen molar-refractivity contribution in [1.82, 2.24) is 5.32 Å². The monoisotopic (exact) mass is 289 g/mol. The van der Waals surface area contributed by atoms with E-state index in [0.29, 0.717) is 29.2 Å². The molecule has 0 aliphatic heterocycles. The van der Waals surface area contributed by atoms with Gasteiger partial charge in [0.05, 0.1) is 13.2 Å². The molecule has 0 aliphatic rings. The lowest BCUT2D eigenvalue weighted by atomic mass is 10.2. The molecule has 0 aliphatic carbocycles. The van der Waals surface area contributed by atoms with Gasteiger partial charge in [-0.05, 0) is 24.6 Å². The Bertz CT molecular complexity index is 424. The number of methoxy groups -OCH3 is 1. The second-order valence-electron chi connectivity index (χ2n) is 3.94. The fourth-order valence-corrected chi connectivity index (χ4v) is 1.88. The van der Waals surface area contributed by atoms with Gasteiger partial charge in [-0.2, -0.15) is 0 Å². The Morgan fingerprint density at radius 2 is 2.22 bits per heavy atom. The average molecular weight is 290 g/mol. The van der Waals surface area contributed by atoms with Crippen LogP contribution in [0.2, 0.25) is 10.0 Å². The molecule has 0 aromatic heterocycles. The summed E-state index contributed by atoms with van der Waals surface area (Å²) in [5.41, 5.74) is 6.63. The smallest absolute Gasteiger partial charge is 0.189 e. The molecule has 6 heteroatoms. The van der Waals surface area contributed by atoms with Gasteiger partial charge in [-0.15, -0.1) is 0 Å². The van der Waals surface area contributed by atoms with Crippen LogP contribution in [-0.2, 0) is 11.3 Å². The molecular weight excluding hydrogens is 273 g/mol. The van der Waals surface area contributed by atoms with Gasteiger partial charge in [-0.25, -0.2) is 4.99 Å². The molecule has 0 saturated heterocycles. The number of nitrogens with two attached hydrogens (primary N) is 1. The zero-order chi connectivity index (χ0) is 13.5. The van der Waals surface area contributed by atoms with Gasteiger partial charge in [0.2, 0.25) is 0 Å². The van der Waals surface area contributed by atoms with Gasteiger partial charge in [-0.3, -0.25) is 0 Å². The lowest BCUT2D eigenvalue weighted by molar-refractivity contribution is 0.179. The highest BCUT2D eigenvalue weighted by Crippen LogP contribution is 2.21. The maximum absolute atomic E-state index is 6.03. The zero-order valence-electron chi connectivity index (χ0n) is 10.4. The van der Waals surface area contributed by atoms with Crippen LogP contribution in [-0.4, -0.2) is 25.7 Å². The largest absolute Gasteiger partial charge is 0.383 e. The van der Waals surface area contributed by atoms with Crippen molar-refractivity contribution in [1.29, 1.82) is 0 Å². The topological polar surface area (TPSA) is 59.6 Å². The van der Waals surface area contributed by atoms with Gasteiger partial charge >= 0.3 is 0 Å². The maximum atomic E-state index is 6.03. The number of nitrogens with zero attached hydrogens (tertiary/aromatic N) is 1. The number of aliphatic imine (C=N–C) groups is 1. The third kappa shape index (κ3) is 5.12. The van der Waals surface area contributed by atoms with Crippen molar-refractivity contribution in [2.24, 2.45) is 10.7 Å². The lowest BCUT2D eigenvalue weighted by Crippen LogP contribution is -2.40. The van der Waals surface area contributed by atoms with Crippen LogP contribution in [0.3, 0.4) is 0 Å². The van der Waals surface area contributed by atoms with Crippen LogP contribution in [0.5, 0.6) is 0 Å². The maximum Gasteiger partial charge on any atom is 0.189 e. The fourth-order valence-electron chi connectivity index (χ4n) is 1.41. The molecule has 0 fully saturated rings. The van der Waals surface area contributed by atoms with E-state index in [1.54, 1.807) is 19.2 Å². The zero-order valence-corrected chi connectivity index (χ0v) is 11.9. The van der Waals surface area contributed by atoms with Crippen molar-refractivity contribution in [2.45, 2.75) is 19.5 Å². The number of ether oxygens (including phenoxy) is 1. The van der Waals surface area contributed by atoms with Crippen LogP contribution >= 0.6 is 23.2 Å². The van der Waals surface area contributed by atoms with E-state index in [4.69, 9.17) is 33.7 Å². The molecule has 1 aromatic carbocycles. The Balaban J connectivity index is 2.57. The van der Waals surface area contributed by atoms with Crippen LogP contribution in [0.4, 0.5) is 0 Å². The number of halogens is 2. The molecule has 1 atom stereocenters. The van der Waals surface area contributed by atoms with Gasteiger partial charge in [0, 0.05) is 23.2 Å². The minimum absolute atomic E-state index is 0.111. The van der Waals surface area contributed by atoms with Crippen molar-refractivity contribution in [3.05, 3.63) is 33.8 Å². The van der Waals surface area contributed by atoms with Crippen molar-refractivity contribution in [2.75, 3.05) is 13.7 Å². The Morgan fingerprint density at radius 3 is 2.83 bits per heavy atom. The minimum atomic E-state index is 0.111. The van der Waals surface area contributed by atoms with Gasteiger partial charge < -0.3 is 15.8 Å². The Labute approximate surface area is 117 Å². The molecule has 1 aromatic rings. The summed E-state index contributed by atoms with van der Waals surface area (Å²) in [4.78, 5) is 4.21. The van der Waals surface area contributed by atoms with E-state index in [1.807, 2.05) is 13.0 Å². The third-order valence-corrected chi connectivity index (χ3v) is 2.83. The first-order valence-corrected chi connectivity index (χ1v) is 6.28. The van der Waals surface area contributed by atoms with E-state index in [9.17, 15) is 0 Å². The molecule has 0 amide bonds. The van der Waals surface area contributed by atoms with Crippen LogP contribution in [0, 0.1) is 0 Å². The second-order valence-corrected chi connectivity index (χ2v) is 4.78. The molecule has 0 radical (unpaired) electrons. The van der Waals surface area contributed by atoms with Crippen LogP contribution in [0.1, 0.15) is 12.5 Å². The summed E-state index contributed by atoms with van der Waals surface area (Å²) in [6, 6.07) is 5.40. The Hall–Kier alpha value is -0.970. The van der Waals surface area contributed by atoms with Crippen LogP contribution < -0.4 is 11.1 Å². The number of nitrogens with one attached hydrogen (secondary N) is 1. The molecule has 0 saturated carbocycles. The number of rotatable bonds is 5. The molecule has 1 rings (SSSR count). The summed E-state index contributed by atoms with van der Waals surface area (Å²) in [6.45, 7) is 2.94. The fraction of sp³-hybridized carbons (Fsp3) is 0.417. The molecule has 4 nitrogen and oxygen atoms in total. The Kier molecular flexibility index (Phi) is 6.25. The summed E-state index contributed by atoms with van der Waals surface area (Å²) in [6.07, 6.45) is 0. The van der Waals surface area contributed by atoms with Crippen LogP contribution in [0.25, 0.3) is 0 Å². The number of benzene rings is 1. The summed E-state index contributed by atoms with van der Waals surface area (Å²) in [7, 11) is 1.64. The van der Waals surface area contributed by atoms with E-state index in [-0.39, 0.29) is 6.04 Å². The first-order valence-electron chi connectivity index (χ1n) is 5.52. The molecule has 0 spiro atoms. The highest BCUT2D eigenvalue weighted by atomic mass is 35.5. The predicted octanol–water partition coefficient (Wildman–Crippen LogP) is 2.43. The number of hydrogen-bond acceptors (Lipinski definition) is 2. The standard InChI is InChI=1S/C12H17Cl2N3O/c1-8(7-18-2)17-12(15)16-6-9-3-4-10(13)5-11(9)14/h3-5,8H,6-7H2,1-2H3,(H3,15,16,17). The molecule has 0 bridgehead atoms. The van der Waals surface area contributed by atoms with Gasteiger partial charge in [0.15, 0.2) is 5.96 Å². The van der Waals surface area contributed by atoms with Crippen molar-refractivity contribution in [3.8, 4) is 0 Å². The van der Waals surface area contributed by atoms with E-state index in [2.05, 4.69) is 10.3 Å². The SMILES string of the molecule is COCC(C)NC(N)=NCc1ccc(Cl)cc1Cl. The highest BCUT2D eigenvalue weighted by molar-refractivity contribution is 6.35. The molecule has 0 heterocycles. The van der Waals surface area contributed by atoms with Crippen molar-refractivity contribution >= 4 is 29.2 Å². The molecular formula is C12H17Cl2N3O. The van der Waals surface area contributed by atoms with Gasteiger partial charge in [0.25, 0.3) is 0 Å². The summed E-state index contributed by atoms with van der Waals surface area (Å²) in [5, 5.41) is 4.21. The summed E-state index contributed by atoms with van der Waals surface area (Å²) < 4.78 is 4.99. The third-order valence-electron chi connectivity index (χ3n) is 2.25. The number of guanidine groups is 1. The van der Waals surface area contributed by atoms with Crippen LogP contribution in [0.15, 0.2) is 23.2 Å². The van der Waals surface area contributed by atoms with Gasteiger partial charge in [0.1, 0.15) is 0 Å². The summed E-state index contributed by atoms with van der Waals surface area (Å²) in [5.74, 6) is 0.366. The molecule has 18 heavy (non-hydrogen) atoms. The lowest BCUT2D eigenvalue weighted by Gasteiger charge is -2.13. The van der Waals surface area contributed by atoms with E-state index >= 15 is 0 Å². The molecule has 3 N–H and O–H groups in total. The predicted molar refractivity (Wildman–Crippen MR) is 76.3 cm³/mol. The first kappa shape index (κ1) is 15.1. The quantitative estimate of drug-likeness (QED) is 0.647. The van der Waals surface area contributed by atoms with E-state index in [0.717, 1.165) is 5.56 Å². The van der Waals surface area contributed by atoms with E-state index in [1.165, 1.54) is 0 Å². The van der Waals surface area contributed by atoms with E-state index < -0.39 is 0 Å². The molecule has 1 unspecified atom stereocenters. The Morgan fingerprint density at radius 1 is 1.50 bits per heavy atom. The van der Waals surface area contributed by atoms with Crippen molar-refractivity contribution in [3.63, 3.8) is 0 Å². The first-order chi connectivity index (χ1) is 8.52.